The summed E-state index contributed by atoms with van der Waals surface area (Å²) in [6.45, 7) is 9.21. The molecule has 0 amide bonds. The average Bonchev–Trinajstić information content (AvgIpc) is 2.20. The third-order valence-electron chi connectivity index (χ3n) is 0.631. The normalized spacial score (nSPS) is 14.6. The molecule has 0 unspecified atom stereocenters. The molecule has 1 rings (SSSR count). The molecular weight excluding hydrogens is 116 g/mol. The molecule has 0 bridgehead atoms. The van der Waals surface area contributed by atoms with Crippen molar-refractivity contribution in [3.63, 3.8) is 0 Å². The second kappa shape index (κ2) is 4.01. The van der Waals surface area contributed by atoms with Gasteiger partial charge >= 0.3 is 0 Å². The molecule has 0 atom stereocenters. The van der Waals surface area contributed by atoms with Gasteiger partial charge in [0, 0.05) is 0 Å². The van der Waals surface area contributed by atoms with Crippen molar-refractivity contribution in [2.45, 2.75) is 20.8 Å². The van der Waals surface area contributed by atoms with Crippen molar-refractivity contribution in [1.29, 1.82) is 0 Å². The van der Waals surface area contributed by atoms with Crippen LogP contribution in [0, 0.1) is 0 Å². The van der Waals surface area contributed by atoms with Gasteiger partial charge in [-0.15, -0.1) is 0 Å². The molecule has 0 spiro atoms. The summed E-state index contributed by atoms with van der Waals surface area (Å²) in [5.74, 6) is 1.11. The van der Waals surface area contributed by atoms with Crippen molar-refractivity contribution < 1.29 is 9.47 Å². The van der Waals surface area contributed by atoms with E-state index in [2.05, 4.69) is 11.3 Å². The molecule has 1 heterocycles. The van der Waals surface area contributed by atoms with E-state index in [-0.39, 0.29) is 0 Å². The molecule has 52 valence electrons. The van der Waals surface area contributed by atoms with Crippen LogP contribution in [0.1, 0.15) is 20.8 Å². The number of hydrogen-bond acceptors (Lipinski definition) is 2. The molecule has 0 aromatic carbocycles. The summed E-state index contributed by atoms with van der Waals surface area (Å²) in [5, 5.41) is 0. The zero-order chi connectivity index (χ0) is 7.28. The Morgan fingerprint density at radius 3 is 2.11 bits per heavy atom. The Bertz CT molecular complexity index is 125. The van der Waals surface area contributed by atoms with Crippen LogP contribution in [0.15, 0.2) is 24.5 Å². The summed E-state index contributed by atoms with van der Waals surface area (Å²) in [6, 6.07) is 0. The van der Waals surface area contributed by atoms with Gasteiger partial charge in [-0.1, -0.05) is 13.8 Å². The van der Waals surface area contributed by atoms with Crippen molar-refractivity contribution in [2.24, 2.45) is 0 Å². The smallest absolute Gasteiger partial charge is 0.281 e. The third kappa shape index (κ3) is 2.80. The highest BCUT2D eigenvalue weighted by Crippen LogP contribution is 2.13. The molecular formula is C7H12O2. The average molecular weight is 128 g/mol. The summed E-state index contributed by atoms with van der Waals surface area (Å²) in [6.07, 6.45) is 1.52. The van der Waals surface area contributed by atoms with Crippen molar-refractivity contribution in [2.75, 3.05) is 0 Å². The standard InChI is InChI=1S/C5H6O2.C2H6/c1-4-3-6-5(2)7-4;1-2/h3H,2H2,1H3;1-2H3. The lowest BCUT2D eigenvalue weighted by molar-refractivity contribution is 0.191. The van der Waals surface area contributed by atoms with Crippen LogP contribution in [0.2, 0.25) is 0 Å². The SMILES string of the molecule is C=C1OC=C(C)O1.CC. The van der Waals surface area contributed by atoms with E-state index in [1.807, 2.05) is 13.8 Å². The van der Waals surface area contributed by atoms with Gasteiger partial charge in [0.25, 0.3) is 5.95 Å². The Morgan fingerprint density at radius 2 is 2.00 bits per heavy atom. The van der Waals surface area contributed by atoms with E-state index < -0.39 is 0 Å². The monoisotopic (exact) mass is 128 g/mol. The number of hydrogen-bond donors (Lipinski definition) is 0. The first-order chi connectivity index (χ1) is 4.29. The number of rotatable bonds is 0. The van der Waals surface area contributed by atoms with Gasteiger partial charge < -0.3 is 9.47 Å². The molecule has 9 heavy (non-hydrogen) atoms. The summed E-state index contributed by atoms with van der Waals surface area (Å²) in [4.78, 5) is 0. The van der Waals surface area contributed by atoms with E-state index in [9.17, 15) is 0 Å². The first kappa shape index (κ1) is 8.08. The van der Waals surface area contributed by atoms with Crippen molar-refractivity contribution in [1.82, 2.24) is 0 Å². The minimum atomic E-state index is 0.359. The summed E-state index contributed by atoms with van der Waals surface area (Å²) in [5.41, 5.74) is 0. The summed E-state index contributed by atoms with van der Waals surface area (Å²) in [7, 11) is 0. The maximum atomic E-state index is 4.81. The first-order valence-corrected chi connectivity index (χ1v) is 2.99. The quantitative estimate of drug-likeness (QED) is 0.498. The maximum absolute atomic E-state index is 4.81. The predicted molar refractivity (Wildman–Crippen MR) is 36.4 cm³/mol. The topological polar surface area (TPSA) is 18.5 Å². The Hall–Kier alpha value is -0.920. The molecule has 0 N–H and O–H groups in total. The Morgan fingerprint density at radius 1 is 1.44 bits per heavy atom. The molecule has 0 radical (unpaired) electrons. The van der Waals surface area contributed by atoms with Crippen LogP contribution >= 0.6 is 0 Å². The first-order valence-electron chi connectivity index (χ1n) is 2.99. The van der Waals surface area contributed by atoms with Gasteiger partial charge in [0.05, 0.1) is 0 Å². The van der Waals surface area contributed by atoms with Gasteiger partial charge in [-0.25, -0.2) is 0 Å². The lowest BCUT2D eigenvalue weighted by atomic mass is 10.7. The molecule has 1 aliphatic heterocycles. The van der Waals surface area contributed by atoms with Gasteiger partial charge in [-0.05, 0) is 13.5 Å². The largest absolute Gasteiger partial charge is 0.431 e. The van der Waals surface area contributed by atoms with E-state index in [0.717, 1.165) is 5.76 Å². The van der Waals surface area contributed by atoms with E-state index in [0.29, 0.717) is 5.95 Å². The highest BCUT2D eigenvalue weighted by atomic mass is 16.7. The molecule has 2 heteroatoms. The Kier molecular flexibility index (Phi) is 3.60. The maximum Gasteiger partial charge on any atom is 0.281 e. The highest BCUT2D eigenvalue weighted by Gasteiger charge is 2.02. The minimum absolute atomic E-state index is 0.359. The zero-order valence-electron chi connectivity index (χ0n) is 6.10. The van der Waals surface area contributed by atoms with Crippen molar-refractivity contribution >= 4 is 0 Å². The fraction of sp³-hybridized carbons (Fsp3) is 0.429. The van der Waals surface area contributed by atoms with Crippen molar-refractivity contribution in [3.05, 3.63) is 24.5 Å². The number of allylic oxidation sites excluding steroid dienone is 1. The molecule has 0 fully saturated rings. The summed E-state index contributed by atoms with van der Waals surface area (Å²) >= 11 is 0. The van der Waals surface area contributed by atoms with E-state index in [1.54, 1.807) is 6.92 Å². The van der Waals surface area contributed by atoms with E-state index in [4.69, 9.17) is 4.74 Å². The predicted octanol–water partition coefficient (Wildman–Crippen LogP) is 2.39. The lowest BCUT2D eigenvalue weighted by Gasteiger charge is -1.90. The van der Waals surface area contributed by atoms with Crippen LogP contribution < -0.4 is 0 Å². The molecule has 0 aromatic rings. The molecule has 0 saturated carbocycles. The third-order valence-corrected chi connectivity index (χ3v) is 0.631. The minimum Gasteiger partial charge on any atom is -0.431 e. The second-order valence-electron chi connectivity index (χ2n) is 1.32. The fourth-order valence-corrected chi connectivity index (χ4v) is 0.376. The van der Waals surface area contributed by atoms with Crippen LogP contribution in [0.4, 0.5) is 0 Å². The van der Waals surface area contributed by atoms with E-state index >= 15 is 0 Å². The molecule has 1 aliphatic rings. The van der Waals surface area contributed by atoms with Crippen LogP contribution in [0.5, 0.6) is 0 Å². The second-order valence-corrected chi connectivity index (χ2v) is 1.32. The van der Waals surface area contributed by atoms with Gasteiger partial charge in [-0.2, -0.15) is 0 Å². The van der Waals surface area contributed by atoms with Gasteiger partial charge in [-0.3, -0.25) is 0 Å². The van der Waals surface area contributed by atoms with Crippen LogP contribution in [-0.4, -0.2) is 0 Å². The Labute approximate surface area is 55.8 Å². The van der Waals surface area contributed by atoms with Crippen LogP contribution in [-0.2, 0) is 9.47 Å². The van der Waals surface area contributed by atoms with Crippen LogP contribution in [0.25, 0.3) is 0 Å². The fourth-order valence-electron chi connectivity index (χ4n) is 0.376. The van der Waals surface area contributed by atoms with Crippen LogP contribution in [0.3, 0.4) is 0 Å². The Balaban J connectivity index is 0.000000291. The molecule has 0 aromatic heterocycles. The molecule has 0 saturated heterocycles. The number of ether oxygens (including phenoxy) is 2. The van der Waals surface area contributed by atoms with Crippen molar-refractivity contribution in [3.8, 4) is 0 Å². The molecule has 2 nitrogen and oxygen atoms in total. The molecule has 0 aliphatic carbocycles. The van der Waals surface area contributed by atoms with E-state index in [1.165, 1.54) is 6.26 Å². The highest BCUT2D eigenvalue weighted by molar-refractivity contribution is 4.95. The zero-order valence-corrected chi connectivity index (χ0v) is 6.10. The summed E-state index contributed by atoms with van der Waals surface area (Å²) < 4.78 is 9.49. The van der Waals surface area contributed by atoms with Gasteiger partial charge in [0.15, 0.2) is 0 Å². The van der Waals surface area contributed by atoms with Gasteiger partial charge in [0.2, 0.25) is 0 Å². The lowest BCUT2D eigenvalue weighted by Crippen LogP contribution is -1.75. The van der Waals surface area contributed by atoms with Gasteiger partial charge in [0.1, 0.15) is 12.0 Å².